The number of carbonyl (C=O) groups is 1. The predicted molar refractivity (Wildman–Crippen MR) is 94.3 cm³/mol. The van der Waals surface area contributed by atoms with Crippen LogP contribution in [-0.2, 0) is 11.8 Å². The van der Waals surface area contributed by atoms with E-state index in [1.165, 1.54) is 0 Å². The van der Waals surface area contributed by atoms with Crippen molar-refractivity contribution in [1.82, 2.24) is 14.5 Å². The monoisotopic (exact) mass is 326 g/mol. The molecule has 1 aromatic carbocycles. The Labute approximate surface area is 142 Å². The van der Waals surface area contributed by atoms with E-state index in [2.05, 4.69) is 17.7 Å². The summed E-state index contributed by atoms with van der Waals surface area (Å²) in [5.74, 6) is 1.63. The van der Waals surface area contributed by atoms with Crippen molar-refractivity contribution in [3.8, 4) is 0 Å². The Morgan fingerprint density at radius 3 is 2.83 bits per heavy atom. The molecule has 3 atom stereocenters. The van der Waals surface area contributed by atoms with Gasteiger partial charge in [-0.05, 0) is 43.7 Å². The average molecular weight is 326 g/mol. The second kappa shape index (κ2) is 6.20. The quantitative estimate of drug-likeness (QED) is 0.943. The van der Waals surface area contributed by atoms with Crippen LogP contribution in [0.5, 0.6) is 0 Å². The molecule has 1 saturated heterocycles. The number of fused-ring (bicyclic) bond motifs is 1. The Balaban J connectivity index is 1.57. The minimum absolute atomic E-state index is 0.104. The molecule has 0 bridgehead atoms. The number of likely N-dealkylation sites (tertiary alicyclic amines) is 1. The van der Waals surface area contributed by atoms with E-state index in [-0.39, 0.29) is 18.0 Å². The SMILES string of the molecule is Cn1c(C2CCCN2C(=O)C[C@@H]2CCC[C@H]2N)nc2ccccc21. The standard InChI is InChI=1S/C19H26N4O/c1-22-16-9-3-2-8-15(16)21-19(22)17-10-5-11-23(17)18(24)12-13-6-4-7-14(13)20/h2-3,8-9,13-14,17H,4-7,10-12,20H2,1H3/t13-,14+,17?/m0/s1. The van der Waals surface area contributed by atoms with Gasteiger partial charge in [-0.15, -0.1) is 0 Å². The van der Waals surface area contributed by atoms with Gasteiger partial charge in [-0.25, -0.2) is 4.98 Å². The van der Waals surface area contributed by atoms with Crippen LogP contribution in [0.15, 0.2) is 24.3 Å². The van der Waals surface area contributed by atoms with Gasteiger partial charge < -0.3 is 15.2 Å². The van der Waals surface area contributed by atoms with Gasteiger partial charge in [0.2, 0.25) is 5.91 Å². The molecule has 5 heteroatoms. The summed E-state index contributed by atoms with van der Waals surface area (Å²) in [6.45, 7) is 0.842. The highest BCUT2D eigenvalue weighted by Gasteiger charge is 2.35. The van der Waals surface area contributed by atoms with Crippen LogP contribution in [0.3, 0.4) is 0 Å². The number of hydrogen-bond donors (Lipinski definition) is 1. The number of benzene rings is 1. The lowest BCUT2D eigenvalue weighted by molar-refractivity contribution is -0.133. The number of rotatable bonds is 3. The molecule has 5 nitrogen and oxygen atoms in total. The van der Waals surface area contributed by atoms with Gasteiger partial charge in [0.25, 0.3) is 0 Å². The van der Waals surface area contributed by atoms with Crippen LogP contribution < -0.4 is 5.73 Å². The number of hydrogen-bond acceptors (Lipinski definition) is 3. The first kappa shape index (κ1) is 15.6. The second-order valence-electron chi connectivity index (χ2n) is 7.32. The molecular weight excluding hydrogens is 300 g/mol. The van der Waals surface area contributed by atoms with Crippen molar-refractivity contribution in [1.29, 1.82) is 0 Å². The number of nitrogens with zero attached hydrogens (tertiary/aromatic N) is 3. The van der Waals surface area contributed by atoms with Gasteiger partial charge in [0.05, 0.1) is 17.1 Å². The molecule has 128 valence electrons. The Morgan fingerprint density at radius 1 is 1.25 bits per heavy atom. The fraction of sp³-hybridized carbons (Fsp3) is 0.579. The predicted octanol–water partition coefficient (Wildman–Crippen LogP) is 2.75. The summed E-state index contributed by atoms with van der Waals surface area (Å²) in [5.41, 5.74) is 8.30. The van der Waals surface area contributed by atoms with Crippen LogP contribution in [0.25, 0.3) is 11.0 Å². The zero-order valence-electron chi connectivity index (χ0n) is 14.3. The molecule has 2 heterocycles. The van der Waals surface area contributed by atoms with Gasteiger partial charge in [-0.1, -0.05) is 18.6 Å². The van der Waals surface area contributed by atoms with Crippen LogP contribution in [0.1, 0.15) is 50.4 Å². The Kier molecular flexibility index (Phi) is 4.04. The fourth-order valence-electron chi connectivity index (χ4n) is 4.46. The van der Waals surface area contributed by atoms with Crippen LogP contribution in [0, 0.1) is 5.92 Å². The third kappa shape index (κ3) is 2.61. The third-order valence-electron chi connectivity index (χ3n) is 5.85. The van der Waals surface area contributed by atoms with Gasteiger partial charge >= 0.3 is 0 Å². The molecule has 2 N–H and O–H groups in total. The number of aromatic nitrogens is 2. The molecule has 1 aliphatic carbocycles. The highest BCUT2D eigenvalue weighted by molar-refractivity contribution is 5.78. The average Bonchev–Trinajstić information content (AvgIpc) is 3.28. The van der Waals surface area contributed by atoms with Gasteiger partial charge in [-0.3, -0.25) is 4.79 Å². The van der Waals surface area contributed by atoms with E-state index in [0.29, 0.717) is 12.3 Å². The van der Waals surface area contributed by atoms with Gasteiger partial charge in [0.1, 0.15) is 5.82 Å². The molecule has 1 saturated carbocycles. The number of carbonyl (C=O) groups excluding carboxylic acids is 1. The maximum Gasteiger partial charge on any atom is 0.223 e. The van der Waals surface area contributed by atoms with Crippen LogP contribution in [0.4, 0.5) is 0 Å². The molecule has 2 fully saturated rings. The topological polar surface area (TPSA) is 64.2 Å². The van der Waals surface area contributed by atoms with E-state index >= 15 is 0 Å². The van der Waals surface area contributed by atoms with Gasteiger partial charge in [-0.2, -0.15) is 0 Å². The van der Waals surface area contributed by atoms with Gasteiger partial charge in [0, 0.05) is 26.1 Å². The van der Waals surface area contributed by atoms with E-state index in [0.717, 1.165) is 55.5 Å². The summed E-state index contributed by atoms with van der Waals surface area (Å²) in [4.78, 5) is 19.8. The number of amides is 1. The molecule has 4 rings (SSSR count). The Hall–Kier alpha value is -1.88. The van der Waals surface area contributed by atoms with Crippen molar-refractivity contribution in [2.75, 3.05) is 6.54 Å². The van der Waals surface area contributed by atoms with E-state index < -0.39 is 0 Å². The van der Waals surface area contributed by atoms with Crippen molar-refractivity contribution < 1.29 is 4.79 Å². The van der Waals surface area contributed by atoms with Gasteiger partial charge in [0.15, 0.2) is 0 Å². The molecule has 1 amide bonds. The lowest BCUT2D eigenvalue weighted by Gasteiger charge is -2.26. The minimum Gasteiger partial charge on any atom is -0.332 e. The molecule has 2 aliphatic rings. The highest BCUT2D eigenvalue weighted by Crippen LogP contribution is 2.35. The van der Waals surface area contributed by atoms with Crippen LogP contribution in [-0.4, -0.2) is 32.9 Å². The smallest absolute Gasteiger partial charge is 0.223 e. The summed E-state index contributed by atoms with van der Waals surface area (Å²) >= 11 is 0. The summed E-state index contributed by atoms with van der Waals surface area (Å²) in [5, 5.41) is 0. The van der Waals surface area contributed by atoms with Crippen molar-refractivity contribution in [2.45, 2.75) is 50.6 Å². The minimum atomic E-state index is 0.104. The third-order valence-corrected chi connectivity index (χ3v) is 5.85. The summed E-state index contributed by atoms with van der Waals surface area (Å²) in [6, 6.07) is 8.48. The van der Waals surface area contributed by atoms with E-state index in [9.17, 15) is 4.79 Å². The lowest BCUT2D eigenvalue weighted by Crippen LogP contribution is -2.35. The largest absolute Gasteiger partial charge is 0.332 e. The molecular formula is C19H26N4O. The molecule has 1 aromatic heterocycles. The summed E-state index contributed by atoms with van der Waals surface area (Å²) < 4.78 is 2.15. The first-order valence-corrected chi connectivity index (χ1v) is 9.11. The Bertz CT molecular complexity index is 753. The van der Waals surface area contributed by atoms with Crippen LogP contribution >= 0.6 is 0 Å². The van der Waals surface area contributed by atoms with E-state index in [4.69, 9.17) is 10.7 Å². The fourth-order valence-corrected chi connectivity index (χ4v) is 4.46. The highest BCUT2D eigenvalue weighted by atomic mass is 16.2. The molecule has 1 aliphatic heterocycles. The van der Waals surface area contributed by atoms with Crippen molar-refractivity contribution in [3.63, 3.8) is 0 Å². The maximum absolute atomic E-state index is 12.9. The normalized spacial score (nSPS) is 27.2. The number of aryl methyl sites for hydroxylation is 1. The summed E-state index contributed by atoms with van der Waals surface area (Å²) in [7, 11) is 2.05. The number of para-hydroxylation sites is 2. The van der Waals surface area contributed by atoms with E-state index in [1.54, 1.807) is 0 Å². The second-order valence-corrected chi connectivity index (χ2v) is 7.32. The van der Waals surface area contributed by atoms with E-state index in [1.807, 2.05) is 23.1 Å². The zero-order valence-corrected chi connectivity index (χ0v) is 14.3. The van der Waals surface area contributed by atoms with Crippen molar-refractivity contribution >= 4 is 16.9 Å². The maximum atomic E-state index is 12.9. The van der Waals surface area contributed by atoms with Crippen molar-refractivity contribution in [2.24, 2.45) is 18.7 Å². The molecule has 0 spiro atoms. The number of nitrogens with two attached hydrogens (primary N) is 1. The first-order valence-electron chi connectivity index (χ1n) is 9.11. The molecule has 1 unspecified atom stereocenters. The molecule has 24 heavy (non-hydrogen) atoms. The first-order chi connectivity index (χ1) is 11.6. The zero-order chi connectivity index (χ0) is 16.7. The lowest BCUT2D eigenvalue weighted by atomic mass is 9.99. The van der Waals surface area contributed by atoms with Crippen LogP contribution in [0.2, 0.25) is 0 Å². The molecule has 2 aromatic rings. The summed E-state index contributed by atoms with van der Waals surface area (Å²) in [6.07, 6.45) is 5.97. The molecule has 0 radical (unpaired) electrons. The van der Waals surface area contributed by atoms with Crippen molar-refractivity contribution in [3.05, 3.63) is 30.1 Å². The number of imidazole rings is 1. The Morgan fingerprint density at radius 2 is 2.08 bits per heavy atom.